The molecule has 2 aromatic heterocycles. The lowest BCUT2D eigenvalue weighted by atomic mass is 10.0. The van der Waals surface area contributed by atoms with E-state index >= 15 is 0 Å². The van der Waals surface area contributed by atoms with Gasteiger partial charge in [0.05, 0.1) is 13.7 Å². The molecule has 0 aliphatic heterocycles. The monoisotopic (exact) mass is 628 g/mol. The molecule has 45 heavy (non-hydrogen) atoms. The third kappa shape index (κ3) is 8.03. The van der Waals surface area contributed by atoms with E-state index < -0.39 is 29.4 Å². The van der Waals surface area contributed by atoms with Crippen LogP contribution in [0.5, 0.6) is 0 Å². The molecule has 4 rings (SSSR count). The van der Waals surface area contributed by atoms with Gasteiger partial charge in [-0.3, -0.25) is 14.1 Å². The minimum Gasteiger partial charge on any atom is -0.483 e. The van der Waals surface area contributed by atoms with Gasteiger partial charge in [0.15, 0.2) is 5.88 Å². The van der Waals surface area contributed by atoms with Gasteiger partial charge < -0.3 is 37.3 Å². The van der Waals surface area contributed by atoms with Crippen LogP contribution in [-0.2, 0) is 22.6 Å². The Kier molecular flexibility index (Phi) is 13.2. The summed E-state index contributed by atoms with van der Waals surface area (Å²) in [5, 5.41) is 9.56. The van der Waals surface area contributed by atoms with Crippen molar-refractivity contribution in [1.82, 2.24) is 18.7 Å². The summed E-state index contributed by atoms with van der Waals surface area (Å²) in [6.45, 7) is -0.281. The second-order valence-electron chi connectivity index (χ2n) is 9.34. The molecule has 15 heteroatoms. The summed E-state index contributed by atoms with van der Waals surface area (Å²) in [6.07, 6.45) is 4.60. The van der Waals surface area contributed by atoms with Gasteiger partial charge in [-0.05, 0) is 57.0 Å². The van der Waals surface area contributed by atoms with Crippen molar-refractivity contribution in [3.8, 4) is 11.1 Å². The molecule has 0 bridgehead atoms. The highest BCUT2D eigenvalue weighted by atomic mass is 19.1. The lowest BCUT2D eigenvalue weighted by Crippen LogP contribution is -2.44. The van der Waals surface area contributed by atoms with Crippen molar-refractivity contribution in [3.63, 3.8) is 0 Å². The van der Waals surface area contributed by atoms with Crippen molar-refractivity contribution in [3.05, 3.63) is 110 Å². The molecule has 2 heterocycles. The first-order valence-corrected chi connectivity index (χ1v) is 13.3. The van der Waals surface area contributed by atoms with Gasteiger partial charge in [0, 0.05) is 48.3 Å². The Morgan fingerprint density at radius 1 is 1.00 bits per heavy atom. The van der Waals surface area contributed by atoms with E-state index in [1.807, 2.05) is 4.90 Å². The van der Waals surface area contributed by atoms with Crippen molar-refractivity contribution in [2.45, 2.75) is 13.1 Å². The Bertz CT molecular complexity index is 1770. The number of nitrogens with one attached hydrogen (secondary N) is 1. The molecule has 0 fully saturated rings. The summed E-state index contributed by atoms with van der Waals surface area (Å²) in [4.78, 5) is 40.4. The van der Waals surface area contributed by atoms with Gasteiger partial charge in [0.2, 0.25) is 6.41 Å². The van der Waals surface area contributed by atoms with Crippen molar-refractivity contribution < 1.29 is 23.4 Å². The summed E-state index contributed by atoms with van der Waals surface area (Å²) in [6, 6.07) is 10.2. The minimum absolute atomic E-state index is 0.0263. The molecule has 4 aromatic rings. The third-order valence-corrected chi connectivity index (χ3v) is 6.35. The van der Waals surface area contributed by atoms with Crippen LogP contribution in [0.15, 0.2) is 76.3 Å². The van der Waals surface area contributed by atoms with Crippen LogP contribution in [0, 0.1) is 11.6 Å². The van der Waals surface area contributed by atoms with Crippen LogP contribution in [0.1, 0.15) is 11.1 Å². The standard InChI is InChI=1S/C28H29F2N7O4.CH5N.CH4O/c1-34(2)13-20-19(17-7-9-18(10-8-17)33-16-38)14-35-26(20)27(39)37(24(31)11-12-25(32)41-3)28(40)36(35)15-21-22(29)5-4-6-23(21)30;2*1-2/h4-12,14,16H,13,15,31-32H2,1-3H3,(H,33,38);2H2,1H3;2H,1H3/b24-11+,25-12+;;. The summed E-state index contributed by atoms with van der Waals surface area (Å²) >= 11 is 0. The van der Waals surface area contributed by atoms with Crippen LogP contribution in [0.25, 0.3) is 22.5 Å². The number of aromatic nitrogens is 3. The first-order chi connectivity index (χ1) is 21.6. The normalized spacial score (nSPS) is 11.4. The van der Waals surface area contributed by atoms with Crippen LogP contribution in [0.2, 0.25) is 0 Å². The molecule has 0 radical (unpaired) electrons. The maximum atomic E-state index is 14.7. The fraction of sp³-hybridized carbons (Fsp3) is 0.233. The molecule has 0 spiro atoms. The van der Waals surface area contributed by atoms with E-state index in [0.717, 1.165) is 23.9 Å². The SMILES string of the molecule is CN.CO.CO/C(N)=C/C=C(\N)n1c(=O)c2c(CN(C)C)c(-c3ccc(NC=O)cc3)cn2n(Cc2c(F)cccc2F)c1=O. The zero-order valence-corrected chi connectivity index (χ0v) is 25.6. The van der Waals surface area contributed by atoms with Gasteiger partial charge in [0.1, 0.15) is 23.0 Å². The van der Waals surface area contributed by atoms with Crippen molar-refractivity contribution in [1.29, 1.82) is 0 Å². The number of aliphatic hydroxyl groups is 1. The molecule has 1 amide bonds. The predicted molar refractivity (Wildman–Crippen MR) is 170 cm³/mol. The molecule has 13 nitrogen and oxygen atoms in total. The van der Waals surface area contributed by atoms with Crippen LogP contribution in [0.3, 0.4) is 0 Å². The molecule has 0 aliphatic rings. The maximum absolute atomic E-state index is 14.7. The predicted octanol–water partition coefficient (Wildman–Crippen LogP) is 1.27. The number of rotatable bonds is 10. The van der Waals surface area contributed by atoms with Crippen molar-refractivity contribution >= 4 is 23.4 Å². The van der Waals surface area contributed by atoms with E-state index in [4.69, 9.17) is 21.3 Å². The highest BCUT2D eigenvalue weighted by Gasteiger charge is 2.24. The second kappa shape index (κ2) is 16.6. The zero-order chi connectivity index (χ0) is 33.8. The van der Waals surface area contributed by atoms with E-state index in [9.17, 15) is 23.2 Å². The van der Waals surface area contributed by atoms with Crippen LogP contribution >= 0.6 is 0 Å². The number of carbonyl (C=O) groups is 1. The topological polar surface area (TPSA) is 188 Å². The Morgan fingerprint density at radius 2 is 1.60 bits per heavy atom. The second-order valence-corrected chi connectivity index (χ2v) is 9.34. The highest BCUT2D eigenvalue weighted by Crippen LogP contribution is 2.29. The lowest BCUT2D eigenvalue weighted by molar-refractivity contribution is -0.105. The van der Waals surface area contributed by atoms with Crippen molar-refractivity contribution in [2.24, 2.45) is 17.2 Å². The first-order valence-electron chi connectivity index (χ1n) is 13.3. The van der Waals surface area contributed by atoms with E-state index in [0.29, 0.717) is 33.4 Å². The molecule has 242 valence electrons. The van der Waals surface area contributed by atoms with Crippen LogP contribution < -0.4 is 33.8 Å². The lowest BCUT2D eigenvalue weighted by Gasteiger charge is -2.16. The molecular formula is C30H38F2N8O5. The smallest absolute Gasteiger partial charge is 0.352 e. The number of hydrogen-bond donors (Lipinski definition) is 5. The Balaban J connectivity index is 0.00000169. The molecule has 0 saturated heterocycles. The average Bonchev–Trinajstić information content (AvgIpc) is 3.40. The van der Waals surface area contributed by atoms with Gasteiger partial charge in [-0.15, -0.1) is 0 Å². The van der Waals surface area contributed by atoms with Gasteiger partial charge in [-0.1, -0.05) is 18.2 Å². The number of nitrogens with two attached hydrogens (primary N) is 3. The quantitative estimate of drug-likeness (QED) is 0.0979. The molecule has 8 N–H and O–H groups in total. The number of anilines is 1. The largest absolute Gasteiger partial charge is 0.483 e. The van der Waals surface area contributed by atoms with E-state index in [-0.39, 0.29) is 29.3 Å². The number of methoxy groups -OCH3 is 1. The van der Waals surface area contributed by atoms with Crippen molar-refractivity contribution in [2.75, 3.05) is 40.7 Å². The van der Waals surface area contributed by atoms with Crippen LogP contribution in [0.4, 0.5) is 14.5 Å². The van der Waals surface area contributed by atoms with E-state index in [2.05, 4.69) is 11.1 Å². The summed E-state index contributed by atoms with van der Waals surface area (Å²) < 4.78 is 37.4. The average molecular weight is 629 g/mol. The zero-order valence-electron chi connectivity index (χ0n) is 25.6. The number of nitrogens with zero attached hydrogens (tertiary/aromatic N) is 4. The number of ether oxygens (including phenoxy) is 1. The maximum Gasteiger partial charge on any atom is 0.352 e. The summed E-state index contributed by atoms with van der Waals surface area (Å²) in [7, 11) is 7.45. The fourth-order valence-electron chi connectivity index (χ4n) is 4.40. The number of hydrogen-bond acceptors (Lipinski definition) is 9. The van der Waals surface area contributed by atoms with Gasteiger partial charge in [-0.2, -0.15) is 0 Å². The first kappa shape index (κ1) is 35.9. The molecule has 0 aliphatic carbocycles. The molecule has 0 saturated carbocycles. The summed E-state index contributed by atoms with van der Waals surface area (Å²) in [5.74, 6) is -2.03. The van der Waals surface area contributed by atoms with E-state index in [1.165, 1.54) is 36.9 Å². The fourth-order valence-corrected chi connectivity index (χ4v) is 4.40. The molecule has 0 atom stereocenters. The Labute approximate surface area is 258 Å². The van der Waals surface area contributed by atoms with Gasteiger partial charge >= 0.3 is 5.69 Å². The Morgan fingerprint density at radius 3 is 2.13 bits per heavy atom. The number of carbonyl (C=O) groups excluding carboxylic acids is 1. The number of amides is 1. The van der Waals surface area contributed by atoms with E-state index in [1.54, 1.807) is 44.6 Å². The number of halogens is 2. The molecule has 2 aromatic carbocycles. The van der Waals surface area contributed by atoms with Crippen LogP contribution in [-0.4, -0.2) is 65.5 Å². The number of aliphatic hydroxyl groups excluding tert-OH is 1. The van der Waals surface area contributed by atoms with Gasteiger partial charge in [0.25, 0.3) is 5.56 Å². The molecular weight excluding hydrogens is 590 g/mol. The number of allylic oxidation sites excluding steroid dienone is 2. The number of benzene rings is 2. The highest BCUT2D eigenvalue weighted by molar-refractivity contribution is 5.79. The Hall–Kier alpha value is -5.25. The minimum atomic E-state index is -0.938. The summed E-state index contributed by atoms with van der Waals surface area (Å²) in [5.41, 5.74) is 16.7. The molecule has 0 unspecified atom stereocenters. The third-order valence-electron chi connectivity index (χ3n) is 6.35. The number of fused-ring (bicyclic) bond motifs is 1. The van der Waals surface area contributed by atoms with Gasteiger partial charge in [-0.25, -0.2) is 22.8 Å².